The van der Waals surface area contributed by atoms with Gasteiger partial charge in [0.15, 0.2) is 11.4 Å². The van der Waals surface area contributed by atoms with E-state index in [9.17, 15) is 9.18 Å². The Kier molecular flexibility index (Phi) is 4.93. The minimum Gasteiger partial charge on any atom is -0.477 e. The molecule has 4 heterocycles. The summed E-state index contributed by atoms with van der Waals surface area (Å²) < 4.78 is 33.0. The molecule has 10 heteroatoms. The molecule has 1 aromatic heterocycles. The van der Waals surface area contributed by atoms with Crippen LogP contribution in [0.15, 0.2) is 59.8 Å². The first-order valence-electron chi connectivity index (χ1n) is 12.5. The van der Waals surface area contributed by atoms with Crippen molar-refractivity contribution >= 4 is 17.9 Å². The quantitative estimate of drug-likeness (QED) is 0.492. The number of amidine groups is 1. The van der Waals surface area contributed by atoms with Gasteiger partial charge in [-0.15, -0.1) is 0 Å². The molecule has 0 amide bonds. The summed E-state index contributed by atoms with van der Waals surface area (Å²) in [5.74, 6) is -0.234. The van der Waals surface area contributed by atoms with Gasteiger partial charge in [0.1, 0.15) is 5.82 Å². The van der Waals surface area contributed by atoms with E-state index in [1.807, 2.05) is 30.1 Å². The Morgan fingerprint density at radius 1 is 1.13 bits per heavy atom. The highest BCUT2D eigenvalue weighted by atomic mass is 19.1. The number of hydrogen-bond donors (Lipinski definition) is 0. The van der Waals surface area contributed by atoms with Crippen LogP contribution in [0.1, 0.15) is 27.9 Å². The van der Waals surface area contributed by atoms with Crippen molar-refractivity contribution in [2.75, 3.05) is 26.9 Å². The van der Waals surface area contributed by atoms with Crippen molar-refractivity contribution in [3.63, 3.8) is 0 Å². The zero-order valence-corrected chi connectivity index (χ0v) is 20.9. The summed E-state index contributed by atoms with van der Waals surface area (Å²) >= 11 is 0. The van der Waals surface area contributed by atoms with E-state index in [1.54, 1.807) is 4.90 Å². The molecule has 2 fully saturated rings. The fourth-order valence-corrected chi connectivity index (χ4v) is 5.60. The van der Waals surface area contributed by atoms with Gasteiger partial charge in [0.05, 0.1) is 38.9 Å². The van der Waals surface area contributed by atoms with E-state index < -0.39 is 23.1 Å². The van der Waals surface area contributed by atoms with Crippen molar-refractivity contribution in [2.24, 2.45) is 5.16 Å². The van der Waals surface area contributed by atoms with Crippen molar-refractivity contribution in [3.05, 3.63) is 88.4 Å². The van der Waals surface area contributed by atoms with Gasteiger partial charge >= 0.3 is 11.7 Å². The number of rotatable bonds is 4. The minimum absolute atomic E-state index is 0.284. The van der Waals surface area contributed by atoms with Crippen LogP contribution >= 0.6 is 0 Å². The molecule has 0 N–H and O–H groups in total. The highest BCUT2D eigenvalue weighted by Crippen LogP contribution is 2.45. The van der Waals surface area contributed by atoms with Crippen LogP contribution in [-0.2, 0) is 42.4 Å². The normalized spacial score (nSPS) is 23.5. The summed E-state index contributed by atoms with van der Waals surface area (Å²) in [4.78, 5) is 25.3. The van der Waals surface area contributed by atoms with Crippen molar-refractivity contribution < 1.29 is 28.2 Å². The number of aromatic nitrogens is 2. The van der Waals surface area contributed by atoms with E-state index in [0.29, 0.717) is 30.4 Å². The largest absolute Gasteiger partial charge is 0.477 e. The van der Waals surface area contributed by atoms with Crippen LogP contribution in [0.4, 0.5) is 4.39 Å². The van der Waals surface area contributed by atoms with Crippen LogP contribution in [-0.4, -0.2) is 58.7 Å². The topological polar surface area (TPSA) is 87.4 Å². The molecule has 4 aliphatic rings. The van der Waals surface area contributed by atoms with Gasteiger partial charge in [0.2, 0.25) is 5.84 Å². The molecule has 1 unspecified atom stereocenters. The fourth-order valence-electron chi connectivity index (χ4n) is 5.60. The molecular formula is C28H25FN4O5. The number of hydrogen-bond acceptors (Lipinski definition) is 8. The van der Waals surface area contributed by atoms with E-state index in [2.05, 4.69) is 22.3 Å². The van der Waals surface area contributed by atoms with Crippen LogP contribution in [0.3, 0.4) is 0 Å². The minimum atomic E-state index is -1.71. The van der Waals surface area contributed by atoms with Gasteiger partial charge < -0.3 is 23.6 Å². The molecule has 0 bridgehead atoms. The highest BCUT2D eigenvalue weighted by molar-refractivity contribution is 6.05. The first-order valence-corrected chi connectivity index (χ1v) is 12.5. The zero-order valence-electron chi connectivity index (χ0n) is 20.9. The number of fused-ring (bicyclic) bond motifs is 2. The molecule has 194 valence electrons. The summed E-state index contributed by atoms with van der Waals surface area (Å²) in [5.41, 5.74) is 3.61. The number of imidazole rings is 1. The van der Waals surface area contributed by atoms with E-state index in [1.165, 1.54) is 42.5 Å². The number of benzene rings is 2. The molecule has 1 aliphatic carbocycles. The SMILES string of the molecule is COC(=O)C1(c2ccc(F)cc2)ON=C2C(=Cc3ccc(-n4cnc(C)c4)c4c3CC4)OC3(COC3)CN21. The van der Waals surface area contributed by atoms with Crippen LogP contribution in [0, 0.1) is 12.7 Å². The third kappa shape index (κ3) is 3.22. The van der Waals surface area contributed by atoms with Gasteiger partial charge in [-0.3, -0.25) is 4.90 Å². The molecule has 3 aromatic rings. The first kappa shape index (κ1) is 23.0. The van der Waals surface area contributed by atoms with Crippen LogP contribution in [0.25, 0.3) is 11.8 Å². The molecule has 2 aromatic carbocycles. The number of ether oxygens (including phenoxy) is 3. The van der Waals surface area contributed by atoms with Crippen molar-refractivity contribution in [2.45, 2.75) is 31.1 Å². The van der Waals surface area contributed by atoms with Gasteiger partial charge in [0.25, 0.3) is 0 Å². The number of nitrogens with zero attached hydrogens (tertiary/aromatic N) is 4. The van der Waals surface area contributed by atoms with Gasteiger partial charge in [-0.2, -0.15) is 0 Å². The summed E-state index contributed by atoms with van der Waals surface area (Å²) in [6, 6.07) is 9.72. The molecule has 9 nitrogen and oxygen atoms in total. The number of carbonyl (C=O) groups excluding carboxylic acids is 1. The Labute approximate surface area is 218 Å². The summed E-state index contributed by atoms with van der Waals surface area (Å²) in [7, 11) is 1.29. The number of carbonyl (C=O) groups is 1. The van der Waals surface area contributed by atoms with Gasteiger partial charge in [-0.1, -0.05) is 11.2 Å². The van der Waals surface area contributed by atoms with E-state index in [-0.39, 0.29) is 6.54 Å². The maximum absolute atomic E-state index is 13.8. The number of esters is 1. The van der Waals surface area contributed by atoms with Crippen molar-refractivity contribution in [1.82, 2.24) is 14.5 Å². The third-order valence-electron chi connectivity index (χ3n) is 7.67. The Morgan fingerprint density at radius 2 is 1.92 bits per heavy atom. The number of halogens is 1. The molecule has 1 atom stereocenters. The van der Waals surface area contributed by atoms with Gasteiger partial charge in [-0.05, 0) is 72.9 Å². The van der Waals surface area contributed by atoms with Crippen molar-refractivity contribution in [1.29, 1.82) is 0 Å². The second kappa shape index (κ2) is 8.16. The monoisotopic (exact) mass is 516 g/mol. The molecule has 38 heavy (non-hydrogen) atoms. The maximum Gasteiger partial charge on any atom is 0.380 e. The lowest BCUT2D eigenvalue weighted by Crippen LogP contribution is -2.67. The average Bonchev–Trinajstić information content (AvgIpc) is 3.48. The lowest BCUT2D eigenvalue weighted by Gasteiger charge is -2.50. The maximum atomic E-state index is 13.8. The molecule has 1 spiro atoms. The second-order valence-electron chi connectivity index (χ2n) is 10.1. The molecule has 0 saturated carbocycles. The number of methoxy groups -OCH3 is 1. The number of oxime groups is 1. The third-order valence-corrected chi connectivity index (χ3v) is 7.67. The molecule has 2 saturated heterocycles. The van der Waals surface area contributed by atoms with Gasteiger partial charge in [0, 0.05) is 17.4 Å². The van der Waals surface area contributed by atoms with Gasteiger partial charge in [-0.25, -0.2) is 14.2 Å². The Morgan fingerprint density at radius 3 is 2.55 bits per heavy atom. The molecule has 7 rings (SSSR count). The molecule has 0 radical (unpaired) electrons. The summed E-state index contributed by atoms with van der Waals surface area (Å²) in [6.45, 7) is 2.96. The Balaban J connectivity index is 1.31. The second-order valence-corrected chi connectivity index (χ2v) is 10.1. The highest BCUT2D eigenvalue weighted by Gasteiger charge is 2.62. The van der Waals surface area contributed by atoms with E-state index in [4.69, 9.17) is 19.0 Å². The average molecular weight is 517 g/mol. The van der Waals surface area contributed by atoms with Crippen LogP contribution in [0.2, 0.25) is 0 Å². The Bertz CT molecular complexity index is 1520. The lowest BCUT2D eigenvalue weighted by molar-refractivity contribution is -0.224. The summed E-state index contributed by atoms with van der Waals surface area (Å²) in [5, 5.41) is 4.32. The smallest absolute Gasteiger partial charge is 0.380 e. The summed E-state index contributed by atoms with van der Waals surface area (Å²) in [6.07, 6.45) is 7.72. The van der Waals surface area contributed by atoms with Crippen LogP contribution in [0.5, 0.6) is 0 Å². The molecular weight excluding hydrogens is 491 g/mol. The van der Waals surface area contributed by atoms with Crippen LogP contribution < -0.4 is 0 Å². The Hall–Kier alpha value is -4.18. The first-order chi connectivity index (χ1) is 18.4. The standard InChI is InChI=1S/C28H25FN4O5/c1-17-12-32(16-30-17)23-10-3-18(21-8-9-22(21)23)11-24-25-31-38-28(26(34)35-2,19-4-6-20(29)7-5-19)33(25)13-27(37-24)14-36-15-27/h3-7,10-12,16H,8-9,13-15H2,1-2H3. The predicted molar refractivity (Wildman–Crippen MR) is 134 cm³/mol. The number of morpholine rings is 1. The molecule has 3 aliphatic heterocycles. The predicted octanol–water partition coefficient (Wildman–Crippen LogP) is 3.23. The van der Waals surface area contributed by atoms with E-state index >= 15 is 0 Å². The van der Waals surface area contributed by atoms with E-state index in [0.717, 1.165) is 29.8 Å². The number of aryl methyl sites for hydroxylation is 1. The lowest BCUT2D eigenvalue weighted by atomic mass is 9.83. The van der Waals surface area contributed by atoms with Crippen molar-refractivity contribution in [3.8, 4) is 5.69 Å². The fraction of sp³-hybridized carbons (Fsp3) is 0.321. The zero-order chi connectivity index (χ0) is 26.1.